The van der Waals surface area contributed by atoms with Crippen molar-refractivity contribution in [3.05, 3.63) is 93.4 Å². The maximum Gasteiger partial charge on any atom is 0.263 e. The Labute approximate surface area is 207 Å². The highest BCUT2D eigenvalue weighted by Crippen LogP contribution is 2.24. The third-order valence-corrected chi connectivity index (χ3v) is 6.07. The highest BCUT2D eigenvalue weighted by atomic mass is 16.5. The van der Waals surface area contributed by atoms with Gasteiger partial charge in [0.15, 0.2) is 0 Å². The van der Waals surface area contributed by atoms with Gasteiger partial charge in [0.25, 0.3) is 5.89 Å². The molecule has 8 nitrogen and oxygen atoms in total. The highest BCUT2D eigenvalue weighted by Gasteiger charge is 2.20. The molecule has 1 amide bonds. The number of carbonyl (C=O) groups excluding carboxylic acids is 1. The van der Waals surface area contributed by atoms with Crippen LogP contribution in [0.5, 0.6) is 0 Å². The number of amides is 1. The van der Waals surface area contributed by atoms with Crippen molar-refractivity contribution in [3.63, 3.8) is 0 Å². The van der Waals surface area contributed by atoms with Crippen molar-refractivity contribution in [3.8, 4) is 22.8 Å². The predicted octanol–water partition coefficient (Wildman–Crippen LogP) is 4.99. The van der Waals surface area contributed by atoms with E-state index >= 15 is 0 Å². The van der Waals surface area contributed by atoms with Gasteiger partial charge in [-0.2, -0.15) is 4.98 Å². The molecule has 5 aromatic rings. The normalized spacial score (nSPS) is 11.1. The average molecular weight is 480 g/mol. The SMILES string of the molecule is Cc1ccc(NC(=O)Cn2cc(-c3nc(-c4ccccc4C)no3)c(=O)c3ccc(C)nc32)c(C)c1. The molecule has 0 fully saturated rings. The summed E-state index contributed by atoms with van der Waals surface area (Å²) in [5, 5.41) is 7.42. The standard InChI is InChI=1S/C28H25N5O3/c1-16-9-12-23(18(3)13-16)30-24(34)15-33-14-22(25(35)21-11-10-19(4)29-27(21)33)28-31-26(32-36-28)20-8-6-5-7-17(20)2/h5-14H,15H2,1-4H3,(H,30,34). The Hall–Kier alpha value is -4.59. The van der Waals surface area contributed by atoms with Gasteiger partial charge in [0.05, 0.1) is 5.39 Å². The lowest BCUT2D eigenvalue weighted by atomic mass is 10.1. The van der Waals surface area contributed by atoms with Crippen LogP contribution < -0.4 is 10.7 Å². The second-order valence-electron chi connectivity index (χ2n) is 8.93. The molecule has 5 rings (SSSR count). The van der Waals surface area contributed by atoms with E-state index in [0.29, 0.717) is 16.9 Å². The predicted molar refractivity (Wildman–Crippen MR) is 139 cm³/mol. The Morgan fingerprint density at radius 1 is 0.944 bits per heavy atom. The van der Waals surface area contributed by atoms with E-state index in [1.807, 2.05) is 70.2 Å². The van der Waals surface area contributed by atoms with Gasteiger partial charge in [-0.25, -0.2) is 4.98 Å². The molecule has 0 saturated carbocycles. The summed E-state index contributed by atoms with van der Waals surface area (Å²) in [6.45, 7) is 7.69. The second kappa shape index (κ2) is 9.22. The van der Waals surface area contributed by atoms with E-state index in [2.05, 4.69) is 20.4 Å². The lowest BCUT2D eigenvalue weighted by molar-refractivity contribution is -0.116. The first-order chi connectivity index (χ1) is 17.3. The van der Waals surface area contributed by atoms with Gasteiger partial charge in [0, 0.05) is 23.1 Å². The number of carbonyl (C=O) groups is 1. The van der Waals surface area contributed by atoms with Crippen molar-refractivity contribution in [2.75, 3.05) is 5.32 Å². The fraction of sp³-hybridized carbons (Fsp3) is 0.179. The summed E-state index contributed by atoms with van der Waals surface area (Å²) < 4.78 is 7.15. The molecular formula is C28H25N5O3. The van der Waals surface area contributed by atoms with Crippen LogP contribution in [0.15, 0.2) is 70.1 Å². The first-order valence-electron chi connectivity index (χ1n) is 11.6. The van der Waals surface area contributed by atoms with Crippen LogP contribution >= 0.6 is 0 Å². The van der Waals surface area contributed by atoms with Crippen molar-refractivity contribution >= 4 is 22.6 Å². The summed E-state index contributed by atoms with van der Waals surface area (Å²) in [7, 11) is 0. The van der Waals surface area contributed by atoms with Gasteiger partial charge in [0.1, 0.15) is 17.8 Å². The second-order valence-corrected chi connectivity index (χ2v) is 8.93. The van der Waals surface area contributed by atoms with Crippen LogP contribution in [0.3, 0.4) is 0 Å². The summed E-state index contributed by atoms with van der Waals surface area (Å²) >= 11 is 0. The molecule has 180 valence electrons. The Balaban J connectivity index is 1.56. The molecule has 8 heteroatoms. The smallest absolute Gasteiger partial charge is 0.263 e. The number of nitrogens with zero attached hydrogens (tertiary/aromatic N) is 4. The van der Waals surface area contributed by atoms with Gasteiger partial charge in [-0.3, -0.25) is 9.59 Å². The number of aromatic nitrogens is 4. The fourth-order valence-corrected chi connectivity index (χ4v) is 4.20. The van der Waals surface area contributed by atoms with Crippen LogP contribution in [0.2, 0.25) is 0 Å². The van der Waals surface area contributed by atoms with Gasteiger partial charge in [-0.1, -0.05) is 47.1 Å². The molecule has 0 saturated heterocycles. The van der Waals surface area contributed by atoms with E-state index in [0.717, 1.165) is 33.6 Å². The number of hydrogen-bond acceptors (Lipinski definition) is 6. The van der Waals surface area contributed by atoms with Crippen LogP contribution in [0.1, 0.15) is 22.4 Å². The van der Waals surface area contributed by atoms with Crippen LogP contribution in [0.25, 0.3) is 33.9 Å². The zero-order valence-electron chi connectivity index (χ0n) is 20.5. The van der Waals surface area contributed by atoms with Gasteiger partial charge < -0.3 is 14.4 Å². The van der Waals surface area contributed by atoms with Gasteiger partial charge in [0.2, 0.25) is 17.2 Å². The summed E-state index contributed by atoms with van der Waals surface area (Å²) in [5.74, 6) is 0.236. The minimum absolute atomic E-state index is 0.0493. The zero-order valence-corrected chi connectivity index (χ0v) is 20.5. The lowest BCUT2D eigenvalue weighted by Crippen LogP contribution is -2.22. The van der Waals surface area contributed by atoms with Crippen molar-refractivity contribution in [2.24, 2.45) is 0 Å². The molecule has 2 aromatic carbocycles. The van der Waals surface area contributed by atoms with Gasteiger partial charge >= 0.3 is 0 Å². The zero-order chi connectivity index (χ0) is 25.4. The molecule has 3 heterocycles. The third kappa shape index (κ3) is 4.40. The largest absolute Gasteiger partial charge is 0.333 e. The molecule has 0 aliphatic heterocycles. The quantitative estimate of drug-likeness (QED) is 0.381. The Morgan fingerprint density at radius 3 is 2.53 bits per heavy atom. The number of hydrogen-bond donors (Lipinski definition) is 1. The number of aryl methyl sites for hydroxylation is 4. The van der Waals surface area contributed by atoms with Crippen molar-refractivity contribution in [1.82, 2.24) is 19.7 Å². The minimum atomic E-state index is -0.288. The fourth-order valence-electron chi connectivity index (χ4n) is 4.20. The number of pyridine rings is 2. The Bertz CT molecular complexity index is 1680. The molecule has 0 unspecified atom stereocenters. The molecule has 36 heavy (non-hydrogen) atoms. The Kier molecular flexibility index (Phi) is 5.93. The van der Waals surface area contributed by atoms with Crippen LogP contribution in [-0.2, 0) is 11.3 Å². The number of rotatable bonds is 5. The van der Waals surface area contributed by atoms with E-state index < -0.39 is 0 Å². The maximum atomic E-state index is 13.4. The molecule has 0 bridgehead atoms. The first kappa shape index (κ1) is 23.2. The molecule has 0 aliphatic carbocycles. The lowest BCUT2D eigenvalue weighted by Gasteiger charge is -2.13. The van der Waals surface area contributed by atoms with E-state index in [1.54, 1.807) is 22.9 Å². The monoisotopic (exact) mass is 479 g/mol. The van der Waals surface area contributed by atoms with Crippen LogP contribution in [-0.4, -0.2) is 25.6 Å². The van der Waals surface area contributed by atoms with Crippen molar-refractivity contribution in [1.29, 1.82) is 0 Å². The first-order valence-corrected chi connectivity index (χ1v) is 11.6. The molecule has 0 radical (unpaired) electrons. The highest BCUT2D eigenvalue weighted by molar-refractivity contribution is 5.92. The number of anilines is 1. The van der Waals surface area contributed by atoms with Crippen molar-refractivity contribution < 1.29 is 9.32 Å². The topological polar surface area (TPSA) is 103 Å². The molecule has 1 N–H and O–H groups in total. The van der Waals surface area contributed by atoms with E-state index in [1.165, 1.54) is 0 Å². The van der Waals surface area contributed by atoms with Crippen LogP contribution in [0, 0.1) is 27.7 Å². The number of benzene rings is 2. The van der Waals surface area contributed by atoms with E-state index in [-0.39, 0.29) is 29.3 Å². The number of fused-ring (bicyclic) bond motifs is 1. The van der Waals surface area contributed by atoms with Crippen LogP contribution in [0.4, 0.5) is 5.69 Å². The number of nitrogens with one attached hydrogen (secondary N) is 1. The Morgan fingerprint density at radius 2 is 1.75 bits per heavy atom. The molecule has 0 spiro atoms. The average Bonchev–Trinajstić information content (AvgIpc) is 3.32. The maximum absolute atomic E-state index is 13.4. The van der Waals surface area contributed by atoms with E-state index in [4.69, 9.17) is 4.52 Å². The summed E-state index contributed by atoms with van der Waals surface area (Å²) in [4.78, 5) is 35.4. The summed E-state index contributed by atoms with van der Waals surface area (Å²) in [6, 6.07) is 17.0. The third-order valence-electron chi connectivity index (χ3n) is 6.07. The minimum Gasteiger partial charge on any atom is -0.333 e. The van der Waals surface area contributed by atoms with Gasteiger partial charge in [-0.05, 0) is 57.0 Å². The van der Waals surface area contributed by atoms with Gasteiger partial charge in [-0.15, -0.1) is 0 Å². The molecule has 3 aromatic heterocycles. The summed E-state index contributed by atoms with van der Waals surface area (Å²) in [6.07, 6.45) is 1.56. The molecular weight excluding hydrogens is 454 g/mol. The molecule has 0 atom stereocenters. The van der Waals surface area contributed by atoms with E-state index in [9.17, 15) is 9.59 Å². The van der Waals surface area contributed by atoms with Crippen molar-refractivity contribution in [2.45, 2.75) is 34.2 Å². The molecule has 0 aliphatic rings. The summed E-state index contributed by atoms with van der Waals surface area (Å²) in [5.41, 5.74) is 5.70.